The van der Waals surface area contributed by atoms with E-state index in [1.807, 2.05) is 38.1 Å². The Morgan fingerprint density at radius 2 is 1.71 bits per heavy atom. The van der Waals surface area contributed by atoms with Crippen LogP contribution in [0.1, 0.15) is 50.2 Å². The summed E-state index contributed by atoms with van der Waals surface area (Å²) in [6, 6.07) is 16.3. The van der Waals surface area contributed by atoms with Gasteiger partial charge in [0.15, 0.2) is 0 Å². The summed E-state index contributed by atoms with van der Waals surface area (Å²) < 4.78 is 5.61. The van der Waals surface area contributed by atoms with E-state index < -0.39 is 23.5 Å². The van der Waals surface area contributed by atoms with Gasteiger partial charge >= 0.3 is 12.1 Å². The molecule has 0 radical (unpaired) electrons. The predicted octanol–water partition coefficient (Wildman–Crippen LogP) is 4.26. The first kappa shape index (κ1) is 23.4. The van der Waals surface area contributed by atoms with Crippen LogP contribution in [0, 0.1) is 17.8 Å². The smallest absolute Gasteiger partial charge is 0.407 e. The highest BCUT2D eigenvalue weighted by molar-refractivity contribution is 5.92. The maximum Gasteiger partial charge on any atom is 0.407 e. The summed E-state index contributed by atoms with van der Waals surface area (Å²) in [7, 11) is 0. The molecule has 1 saturated carbocycles. The maximum absolute atomic E-state index is 13.4. The van der Waals surface area contributed by atoms with Crippen molar-refractivity contribution >= 4 is 18.0 Å². The molecule has 2 fully saturated rings. The van der Waals surface area contributed by atoms with Crippen LogP contribution in [0.25, 0.3) is 11.1 Å². The molecule has 2 amide bonds. The van der Waals surface area contributed by atoms with E-state index in [-0.39, 0.29) is 36.8 Å². The van der Waals surface area contributed by atoms with Gasteiger partial charge in [-0.15, -0.1) is 0 Å². The molecule has 0 spiro atoms. The van der Waals surface area contributed by atoms with Crippen molar-refractivity contribution in [2.24, 2.45) is 17.8 Å². The van der Waals surface area contributed by atoms with Gasteiger partial charge in [-0.25, -0.2) is 9.59 Å². The average Bonchev–Trinajstić information content (AvgIpc) is 3.53. The quantitative estimate of drug-likeness (QED) is 0.622. The van der Waals surface area contributed by atoms with Crippen molar-refractivity contribution < 1.29 is 24.2 Å². The molecule has 1 saturated heterocycles. The van der Waals surface area contributed by atoms with E-state index in [1.165, 1.54) is 0 Å². The number of alkyl carbamates (subject to hydrolysis) is 1. The summed E-state index contributed by atoms with van der Waals surface area (Å²) in [6.07, 6.45) is 1.62. The first-order valence-electron chi connectivity index (χ1n) is 12.5. The first-order valence-corrected chi connectivity index (χ1v) is 12.5. The van der Waals surface area contributed by atoms with Crippen molar-refractivity contribution in [3.05, 3.63) is 59.7 Å². The van der Waals surface area contributed by atoms with Gasteiger partial charge in [-0.3, -0.25) is 4.79 Å². The molecule has 1 unspecified atom stereocenters. The third-order valence-electron chi connectivity index (χ3n) is 8.06. The number of fused-ring (bicyclic) bond motifs is 4. The van der Waals surface area contributed by atoms with Gasteiger partial charge < -0.3 is 20.1 Å². The van der Waals surface area contributed by atoms with E-state index in [9.17, 15) is 19.5 Å². The fourth-order valence-electron chi connectivity index (χ4n) is 6.02. The predicted molar refractivity (Wildman–Crippen MR) is 131 cm³/mol. The first-order chi connectivity index (χ1) is 16.8. The van der Waals surface area contributed by atoms with Crippen molar-refractivity contribution in [3.63, 3.8) is 0 Å². The van der Waals surface area contributed by atoms with Gasteiger partial charge in [-0.2, -0.15) is 0 Å². The van der Waals surface area contributed by atoms with Crippen molar-refractivity contribution in [1.29, 1.82) is 0 Å². The Hall–Kier alpha value is -3.35. The number of carbonyl (C=O) groups is 3. The van der Waals surface area contributed by atoms with Crippen LogP contribution in [0.2, 0.25) is 0 Å². The number of aliphatic carboxylic acids is 1. The Balaban J connectivity index is 1.22. The molecular weight excluding hydrogens is 444 g/mol. The highest BCUT2D eigenvalue weighted by Gasteiger charge is 2.67. The standard InChI is InChI=1S/C28H32N2O5/c1-17(2)23(25(31)30-13-7-8-18-14-28(18,30)26(32)33)15-29-27(34)35-16-24-21-11-5-3-9-19(21)20-10-4-6-12-22(20)24/h3-6,9-12,17-18,23-24H,7-8,13-16H2,1-2H3,(H,29,34)(H,32,33)/t18-,23?,28+/m1/s1. The largest absolute Gasteiger partial charge is 0.479 e. The van der Waals surface area contributed by atoms with Crippen LogP contribution < -0.4 is 5.32 Å². The van der Waals surface area contributed by atoms with Crippen molar-refractivity contribution in [2.75, 3.05) is 19.7 Å². The minimum atomic E-state index is -1.05. The second-order valence-electron chi connectivity index (χ2n) is 10.3. The third-order valence-corrected chi connectivity index (χ3v) is 8.06. The highest BCUT2D eigenvalue weighted by atomic mass is 16.5. The zero-order valence-electron chi connectivity index (χ0n) is 20.2. The molecule has 1 heterocycles. The number of likely N-dealkylation sites (tertiary alicyclic amines) is 1. The SMILES string of the molecule is CC(C)C(CNC(=O)OCC1c2ccccc2-c2ccccc21)C(=O)N1CCC[C@@H]2C[C@@]21C(=O)O. The number of carboxylic acid groups (broad SMARTS) is 1. The molecule has 3 aliphatic rings. The van der Waals surface area contributed by atoms with Gasteiger partial charge in [0.05, 0.1) is 5.92 Å². The molecule has 35 heavy (non-hydrogen) atoms. The lowest BCUT2D eigenvalue weighted by Gasteiger charge is -2.37. The number of carbonyl (C=O) groups excluding carboxylic acids is 2. The molecule has 0 aromatic heterocycles. The molecule has 2 N–H and O–H groups in total. The lowest BCUT2D eigenvalue weighted by Crippen LogP contribution is -2.55. The molecule has 5 rings (SSSR count). The fourth-order valence-corrected chi connectivity index (χ4v) is 6.02. The summed E-state index contributed by atoms with van der Waals surface area (Å²) in [6.45, 7) is 4.61. The summed E-state index contributed by atoms with van der Waals surface area (Å²) in [5.41, 5.74) is 3.55. The van der Waals surface area contributed by atoms with Crippen molar-refractivity contribution in [2.45, 2.75) is 44.6 Å². The van der Waals surface area contributed by atoms with Crippen molar-refractivity contribution in [3.8, 4) is 11.1 Å². The van der Waals surface area contributed by atoms with Gasteiger partial charge in [0.1, 0.15) is 12.1 Å². The fraction of sp³-hybridized carbons (Fsp3) is 0.464. The van der Waals surface area contributed by atoms with Crippen LogP contribution in [0.15, 0.2) is 48.5 Å². The number of carboxylic acids is 1. The number of hydrogen-bond acceptors (Lipinski definition) is 4. The Bertz CT molecular complexity index is 1120. The Kier molecular flexibility index (Phi) is 6.03. The second-order valence-corrected chi connectivity index (χ2v) is 10.3. The van der Waals surface area contributed by atoms with Crippen LogP contribution in [-0.4, -0.2) is 53.2 Å². The molecule has 3 atom stereocenters. The van der Waals surface area contributed by atoms with E-state index in [0.29, 0.717) is 13.0 Å². The lowest BCUT2D eigenvalue weighted by atomic mass is 9.91. The number of benzene rings is 2. The zero-order valence-corrected chi connectivity index (χ0v) is 20.2. The maximum atomic E-state index is 13.4. The molecule has 0 bridgehead atoms. The Morgan fingerprint density at radius 1 is 1.09 bits per heavy atom. The van der Waals surface area contributed by atoms with Crippen LogP contribution >= 0.6 is 0 Å². The molecule has 7 heteroatoms. The number of hydrogen-bond donors (Lipinski definition) is 2. The van der Waals surface area contributed by atoms with Gasteiger partial charge in [0.25, 0.3) is 0 Å². The molecule has 1 aliphatic heterocycles. The minimum Gasteiger partial charge on any atom is -0.479 e. The number of amides is 2. The van der Waals surface area contributed by atoms with E-state index in [0.717, 1.165) is 35.1 Å². The number of nitrogens with zero attached hydrogens (tertiary/aromatic N) is 1. The lowest BCUT2D eigenvalue weighted by molar-refractivity contribution is -0.157. The molecule has 184 valence electrons. The molecular formula is C28H32N2O5. The van der Waals surface area contributed by atoms with Crippen LogP contribution in [0.5, 0.6) is 0 Å². The normalized spacial score (nSPS) is 23.2. The number of ether oxygens (including phenoxy) is 1. The van der Waals surface area contributed by atoms with Gasteiger partial charge in [0.2, 0.25) is 5.91 Å². The van der Waals surface area contributed by atoms with Crippen LogP contribution in [0.4, 0.5) is 4.79 Å². The summed E-state index contributed by atoms with van der Waals surface area (Å²) in [4.78, 5) is 39.6. The van der Waals surface area contributed by atoms with Gasteiger partial charge in [-0.05, 0) is 53.4 Å². The van der Waals surface area contributed by atoms with E-state index in [1.54, 1.807) is 4.90 Å². The topological polar surface area (TPSA) is 95.9 Å². The second kappa shape index (κ2) is 9.02. The molecule has 2 aromatic rings. The summed E-state index contributed by atoms with van der Waals surface area (Å²) in [5, 5.41) is 12.6. The Morgan fingerprint density at radius 3 is 2.31 bits per heavy atom. The van der Waals surface area contributed by atoms with Gasteiger partial charge in [0, 0.05) is 19.0 Å². The zero-order chi connectivity index (χ0) is 24.7. The third kappa shape index (κ3) is 3.97. The summed E-state index contributed by atoms with van der Waals surface area (Å²) >= 11 is 0. The van der Waals surface area contributed by atoms with Crippen molar-refractivity contribution in [1.82, 2.24) is 10.2 Å². The summed E-state index contributed by atoms with van der Waals surface area (Å²) in [5.74, 6) is -1.66. The average molecular weight is 477 g/mol. The number of rotatable bonds is 7. The van der Waals surface area contributed by atoms with Crippen LogP contribution in [0.3, 0.4) is 0 Å². The number of nitrogens with one attached hydrogen (secondary N) is 1. The van der Waals surface area contributed by atoms with E-state index in [2.05, 4.69) is 29.6 Å². The van der Waals surface area contributed by atoms with E-state index >= 15 is 0 Å². The molecule has 7 nitrogen and oxygen atoms in total. The molecule has 2 aliphatic carbocycles. The van der Waals surface area contributed by atoms with E-state index in [4.69, 9.17) is 4.74 Å². The highest BCUT2D eigenvalue weighted by Crippen LogP contribution is 2.54. The monoisotopic (exact) mass is 476 g/mol. The number of piperidine rings is 1. The van der Waals surface area contributed by atoms with Crippen LogP contribution in [-0.2, 0) is 14.3 Å². The molecule has 2 aromatic carbocycles. The minimum absolute atomic E-state index is 0.0359. The van der Waals surface area contributed by atoms with Gasteiger partial charge in [-0.1, -0.05) is 62.4 Å². The Labute approximate surface area is 205 Å².